The molecule has 0 aliphatic rings. The van der Waals surface area contributed by atoms with Crippen LogP contribution in [0.15, 0.2) is 30.5 Å². The van der Waals surface area contributed by atoms with E-state index in [1.165, 1.54) is 0 Å². The Morgan fingerprint density at radius 2 is 1.93 bits per heavy atom. The van der Waals surface area contributed by atoms with Gasteiger partial charge in [-0.25, -0.2) is 4.98 Å². The van der Waals surface area contributed by atoms with Gasteiger partial charge in [0.05, 0.1) is 11.6 Å². The number of benzene rings is 1. The third-order valence-corrected chi connectivity index (χ3v) is 2.00. The Morgan fingerprint density at radius 1 is 1.07 bits per heavy atom. The Bertz CT molecular complexity index is 573. The molecule has 0 bridgehead atoms. The van der Waals surface area contributed by atoms with Gasteiger partial charge >= 0.3 is 0 Å². The lowest BCUT2D eigenvalue weighted by Gasteiger charge is -1.98. The van der Waals surface area contributed by atoms with Gasteiger partial charge in [0.2, 0.25) is 0 Å². The van der Waals surface area contributed by atoms with Crippen LogP contribution in [0.5, 0.6) is 0 Å². The molecule has 2 rings (SSSR count). The normalized spacial score (nSPS) is 9.29. The third-order valence-electron chi connectivity index (χ3n) is 2.00. The average Bonchev–Trinajstić information content (AvgIpc) is 2.27. The summed E-state index contributed by atoms with van der Waals surface area (Å²) in [6, 6.07) is 11.0. The lowest BCUT2D eigenvalue weighted by molar-refractivity contribution is 1.30. The van der Waals surface area contributed by atoms with Crippen molar-refractivity contribution in [2.24, 2.45) is 0 Å². The van der Waals surface area contributed by atoms with Gasteiger partial charge in [0, 0.05) is 11.6 Å². The second-order valence-electron chi connectivity index (χ2n) is 2.82. The van der Waals surface area contributed by atoms with Crippen molar-refractivity contribution in [2.75, 3.05) is 0 Å². The highest BCUT2D eigenvalue weighted by atomic mass is 14.7. The first kappa shape index (κ1) is 8.22. The van der Waals surface area contributed by atoms with Gasteiger partial charge in [-0.3, -0.25) is 0 Å². The molecule has 14 heavy (non-hydrogen) atoms. The van der Waals surface area contributed by atoms with E-state index in [1.807, 2.05) is 6.07 Å². The summed E-state index contributed by atoms with van der Waals surface area (Å²) < 4.78 is 0. The van der Waals surface area contributed by atoms with Crippen LogP contribution < -0.4 is 0 Å². The number of nitrogens with zero attached hydrogens (tertiary/aromatic N) is 3. The Balaban J connectivity index is 2.83. The molecule has 64 valence electrons. The van der Waals surface area contributed by atoms with Gasteiger partial charge in [-0.1, -0.05) is 6.07 Å². The molecule has 0 saturated heterocycles. The van der Waals surface area contributed by atoms with Crippen LogP contribution in [0.4, 0.5) is 0 Å². The maximum atomic E-state index is 8.78. The number of fused-ring (bicyclic) bond motifs is 1. The first-order valence-electron chi connectivity index (χ1n) is 4.04. The second-order valence-corrected chi connectivity index (χ2v) is 2.82. The lowest BCUT2D eigenvalue weighted by atomic mass is 10.1. The van der Waals surface area contributed by atoms with Crippen molar-refractivity contribution in [3.8, 4) is 12.1 Å². The molecule has 2 aromatic rings. The fraction of sp³-hybridized carbons (Fsp3) is 0. The first-order chi connectivity index (χ1) is 6.85. The number of pyridine rings is 1. The van der Waals surface area contributed by atoms with E-state index < -0.39 is 0 Å². The molecule has 0 N–H and O–H groups in total. The average molecular weight is 179 g/mol. The molecule has 0 spiro atoms. The van der Waals surface area contributed by atoms with Crippen molar-refractivity contribution in [3.05, 3.63) is 41.7 Å². The molecule has 0 aliphatic heterocycles. The van der Waals surface area contributed by atoms with E-state index in [-0.39, 0.29) is 0 Å². The highest BCUT2D eigenvalue weighted by molar-refractivity contribution is 5.87. The second kappa shape index (κ2) is 3.16. The van der Waals surface area contributed by atoms with Gasteiger partial charge in [0.1, 0.15) is 11.8 Å². The molecule has 0 fully saturated rings. The summed E-state index contributed by atoms with van der Waals surface area (Å²) >= 11 is 0. The fourth-order valence-electron chi connectivity index (χ4n) is 1.34. The summed E-state index contributed by atoms with van der Waals surface area (Å²) in [4.78, 5) is 3.94. The van der Waals surface area contributed by atoms with Crippen molar-refractivity contribution in [1.29, 1.82) is 10.5 Å². The van der Waals surface area contributed by atoms with E-state index in [9.17, 15) is 0 Å². The molecule has 0 saturated carbocycles. The van der Waals surface area contributed by atoms with E-state index in [4.69, 9.17) is 10.5 Å². The van der Waals surface area contributed by atoms with Gasteiger partial charge in [0.25, 0.3) is 0 Å². The van der Waals surface area contributed by atoms with E-state index in [0.29, 0.717) is 11.3 Å². The minimum Gasteiger partial charge on any atom is -0.245 e. The van der Waals surface area contributed by atoms with E-state index in [1.54, 1.807) is 30.5 Å². The molecule has 1 heterocycles. The zero-order valence-electron chi connectivity index (χ0n) is 7.23. The molecule has 3 heteroatoms. The van der Waals surface area contributed by atoms with Crippen molar-refractivity contribution in [1.82, 2.24) is 4.98 Å². The Morgan fingerprint density at radius 3 is 2.64 bits per heavy atom. The summed E-state index contributed by atoms with van der Waals surface area (Å²) in [5.74, 6) is 0. The smallest absolute Gasteiger partial charge is 0.148 e. The van der Waals surface area contributed by atoms with Crippen molar-refractivity contribution in [2.45, 2.75) is 0 Å². The SMILES string of the molecule is N#Cc1ccc2c(C#N)nccc2c1. The zero-order chi connectivity index (χ0) is 9.97. The highest BCUT2D eigenvalue weighted by Crippen LogP contribution is 2.17. The molecule has 3 nitrogen and oxygen atoms in total. The van der Waals surface area contributed by atoms with Gasteiger partial charge < -0.3 is 0 Å². The summed E-state index contributed by atoms with van der Waals surface area (Å²) in [6.07, 6.45) is 1.57. The molecule has 0 unspecified atom stereocenters. The highest BCUT2D eigenvalue weighted by Gasteiger charge is 2.01. The van der Waals surface area contributed by atoms with Crippen LogP contribution in [0.1, 0.15) is 11.3 Å². The van der Waals surface area contributed by atoms with Gasteiger partial charge in [-0.05, 0) is 23.6 Å². The number of aromatic nitrogens is 1. The largest absolute Gasteiger partial charge is 0.245 e. The molecular weight excluding hydrogens is 174 g/mol. The van der Waals surface area contributed by atoms with Crippen molar-refractivity contribution in [3.63, 3.8) is 0 Å². The predicted octanol–water partition coefficient (Wildman–Crippen LogP) is 1.98. The monoisotopic (exact) mass is 179 g/mol. The van der Waals surface area contributed by atoms with E-state index >= 15 is 0 Å². The van der Waals surface area contributed by atoms with Crippen molar-refractivity contribution >= 4 is 10.8 Å². The molecule has 1 aromatic carbocycles. The molecule has 0 atom stereocenters. The predicted molar refractivity (Wildman–Crippen MR) is 51.2 cm³/mol. The van der Waals surface area contributed by atoms with Crippen LogP contribution in [-0.4, -0.2) is 4.98 Å². The number of nitriles is 2. The van der Waals surface area contributed by atoms with E-state index in [2.05, 4.69) is 11.1 Å². The molecule has 1 aromatic heterocycles. The fourth-order valence-corrected chi connectivity index (χ4v) is 1.34. The molecule has 0 aliphatic carbocycles. The van der Waals surface area contributed by atoms with Gasteiger partial charge in [-0.15, -0.1) is 0 Å². The standard InChI is InChI=1S/C11H5N3/c12-6-8-1-2-10-9(5-8)3-4-14-11(10)7-13/h1-5H. The topological polar surface area (TPSA) is 60.5 Å². The van der Waals surface area contributed by atoms with Crippen LogP contribution >= 0.6 is 0 Å². The van der Waals surface area contributed by atoms with Crippen LogP contribution in [0.3, 0.4) is 0 Å². The van der Waals surface area contributed by atoms with Crippen LogP contribution in [-0.2, 0) is 0 Å². The van der Waals surface area contributed by atoms with Gasteiger partial charge in [-0.2, -0.15) is 10.5 Å². The maximum Gasteiger partial charge on any atom is 0.148 e. The van der Waals surface area contributed by atoms with Crippen LogP contribution in [0.25, 0.3) is 10.8 Å². The van der Waals surface area contributed by atoms with Crippen LogP contribution in [0, 0.1) is 22.7 Å². The maximum absolute atomic E-state index is 8.78. The Labute approximate surface area is 80.8 Å². The van der Waals surface area contributed by atoms with Crippen molar-refractivity contribution < 1.29 is 0 Å². The number of rotatable bonds is 0. The summed E-state index contributed by atoms with van der Waals surface area (Å²) in [5.41, 5.74) is 0.986. The zero-order valence-corrected chi connectivity index (χ0v) is 7.23. The first-order valence-corrected chi connectivity index (χ1v) is 4.04. The summed E-state index contributed by atoms with van der Waals surface area (Å²) in [5, 5.41) is 19.1. The third kappa shape index (κ3) is 1.18. The molecule has 0 radical (unpaired) electrons. The minimum atomic E-state index is 0.395. The Hall–Kier alpha value is -2.39. The molecular formula is C11H5N3. The number of hydrogen-bond donors (Lipinski definition) is 0. The summed E-state index contributed by atoms with van der Waals surface area (Å²) in [6.45, 7) is 0. The minimum absolute atomic E-state index is 0.395. The van der Waals surface area contributed by atoms with E-state index in [0.717, 1.165) is 10.8 Å². The van der Waals surface area contributed by atoms with Gasteiger partial charge in [0.15, 0.2) is 0 Å². The summed E-state index contributed by atoms with van der Waals surface area (Å²) in [7, 11) is 0. The number of hydrogen-bond acceptors (Lipinski definition) is 3. The quantitative estimate of drug-likeness (QED) is 0.621. The molecule has 0 amide bonds. The Kier molecular flexibility index (Phi) is 1.86. The van der Waals surface area contributed by atoms with Crippen LogP contribution in [0.2, 0.25) is 0 Å². The lowest BCUT2D eigenvalue weighted by Crippen LogP contribution is -1.85.